The Kier molecular flexibility index (Phi) is 7.07. The summed E-state index contributed by atoms with van der Waals surface area (Å²) in [7, 11) is 0. The standard InChI is InChI=1S/C47H30N4O/c1-2-4-46-44(3-1)45-27-40(30-50-47(45)52-46)33-13-19-43(20-14-33)51(41-15-9-31(10-16-41)36-7-5-34-21-23-48-28-38(34)25-36)42-17-11-32(12-18-42)37-8-6-35-22-24-49-29-39(35)26-37/h1-30H. The van der Waals surface area contributed by atoms with E-state index < -0.39 is 0 Å². The summed E-state index contributed by atoms with van der Waals surface area (Å²) < 4.78 is 5.98. The first kappa shape index (κ1) is 29.8. The fourth-order valence-corrected chi connectivity index (χ4v) is 7.15. The molecule has 10 aromatic rings. The minimum atomic E-state index is 0.653. The minimum Gasteiger partial charge on any atom is -0.438 e. The summed E-state index contributed by atoms with van der Waals surface area (Å²) in [6, 6.07) is 53.7. The first-order chi connectivity index (χ1) is 25.7. The van der Waals surface area contributed by atoms with Gasteiger partial charge < -0.3 is 9.32 Å². The van der Waals surface area contributed by atoms with E-state index in [4.69, 9.17) is 4.42 Å². The first-order valence-corrected chi connectivity index (χ1v) is 17.3. The summed E-state index contributed by atoms with van der Waals surface area (Å²) in [4.78, 5) is 15.6. The topological polar surface area (TPSA) is 55.1 Å². The zero-order chi connectivity index (χ0) is 34.4. The van der Waals surface area contributed by atoms with E-state index in [2.05, 4.69) is 141 Å². The normalized spacial score (nSPS) is 11.5. The summed E-state index contributed by atoms with van der Waals surface area (Å²) in [5.74, 6) is 0. The quantitative estimate of drug-likeness (QED) is 0.177. The lowest BCUT2D eigenvalue weighted by atomic mass is 10.0. The number of furan rings is 1. The molecule has 0 N–H and O–H groups in total. The number of pyridine rings is 3. The number of para-hydroxylation sites is 1. The average molecular weight is 667 g/mol. The fraction of sp³-hybridized carbons (Fsp3) is 0. The van der Waals surface area contributed by atoms with Crippen LogP contribution in [0.5, 0.6) is 0 Å². The smallest absolute Gasteiger partial charge is 0.227 e. The Morgan fingerprint density at radius 1 is 0.385 bits per heavy atom. The summed E-state index contributed by atoms with van der Waals surface area (Å²) in [5.41, 5.74) is 11.4. The molecule has 0 radical (unpaired) electrons. The molecule has 0 fully saturated rings. The summed E-state index contributed by atoms with van der Waals surface area (Å²) in [6.07, 6.45) is 9.40. The van der Waals surface area contributed by atoms with Gasteiger partial charge >= 0.3 is 0 Å². The van der Waals surface area contributed by atoms with Gasteiger partial charge in [0.2, 0.25) is 5.71 Å². The second-order valence-corrected chi connectivity index (χ2v) is 13.0. The molecule has 5 nitrogen and oxygen atoms in total. The van der Waals surface area contributed by atoms with Crippen LogP contribution in [0.1, 0.15) is 0 Å². The van der Waals surface area contributed by atoms with Crippen LogP contribution >= 0.6 is 0 Å². The highest BCUT2D eigenvalue weighted by atomic mass is 16.3. The number of benzene rings is 6. The van der Waals surface area contributed by atoms with E-state index in [-0.39, 0.29) is 0 Å². The van der Waals surface area contributed by atoms with Crippen LogP contribution in [0.4, 0.5) is 17.1 Å². The third-order valence-electron chi connectivity index (χ3n) is 9.89. The highest BCUT2D eigenvalue weighted by molar-refractivity contribution is 6.04. The number of nitrogens with zero attached hydrogens (tertiary/aromatic N) is 4. The molecule has 0 saturated heterocycles. The molecule has 0 amide bonds. The number of rotatable bonds is 6. The molecule has 4 heterocycles. The van der Waals surface area contributed by atoms with Gasteiger partial charge in [0.05, 0.1) is 0 Å². The van der Waals surface area contributed by atoms with Crippen molar-refractivity contribution in [3.63, 3.8) is 0 Å². The molecule has 0 atom stereocenters. The number of hydrogen-bond donors (Lipinski definition) is 0. The maximum atomic E-state index is 5.98. The number of aromatic nitrogens is 3. The SMILES string of the molecule is c1ccc2c(c1)oc1ncc(-c3ccc(N(c4ccc(-c5ccc6ccncc6c5)cc4)c4ccc(-c5ccc6ccncc6c5)cc4)cc3)cc12. The van der Waals surface area contributed by atoms with E-state index in [9.17, 15) is 0 Å². The van der Waals surface area contributed by atoms with Crippen molar-refractivity contribution < 1.29 is 4.42 Å². The van der Waals surface area contributed by atoms with Gasteiger partial charge in [-0.1, -0.05) is 78.9 Å². The predicted molar refractivity (Wildman–Crippen MR) is 213 cm³/mol. The maximum Gasteiger partial charge on any atom is 0.227 e. The Morgan fingerprint density at radius 2 is 0.885 bits per heavy atom. The minimum absolute atomic E-state index is 0.653. The van der Waals surface area contributed by atoms with E-state index in [0.29, 0.717) is 5.71 Å². The Labute approximate surface area is 300 Å². The Hall–Kier alpha value is -7.11. The van der Waals surface area contributed by atoms with Crippen molar-refractivity contribution >= 4 is 60.7 Å². The van der Waals surface area contributed by atoms with Gasteiger partial charge in [-0.25, -0.2) is 4.98 Å². The highest BCUT2D eigenvalue weighted by Crippen LogP contribution is 2.39. The zero-order valence-corrected chi connectivity index (χ0v) is 28.0. The van der Waals surface area contributed by atoms with Crippen molar-refractivity contribution in [2.45, 2.75) is 0 Å². The molecule has 0 spiro atoms. The van der Waals surface area contributed by atoms with Gasteiger partial charge in [-0.2, -0.15) is 0 Å². The zero-order valence-electron chi connectivity index (χ0n) is 28.0. The van der Waals surface area contributed by atoms with Crippen LogP contribution in [0.15, 0.2) is 187 Å². The second kappa shape index (κ2) is 12.3. The van der Waals surface area contributed by atoms with E-state index in [1.54, 1.807) is 0 Å². The van der Waals surface area contributed by atoms with E-state index in [1.165, 1.54) is 10.8 Å². The van der Waals surface area contributed by atoms with Gasteiger partial charge in [0.1, 0.15) is 5.58 Å². The maximum absolute atomic E-state index is 5.98. The van der Waals surface area contributed by atoms with E-state index in [0.717, 1.165) is 77.6 Å². The Morgan fingerprint density at radius 3 is 1.44 bits per heavy atom. The lowest BCUT2D eigenvalue weighted by Gasteiger charge is -2.26. The van der Waals surface area contributed by atoms with Crippen LogP contribution in [-0.4, -0.2) is 15.0 Å². The van der Waals surface area contributed by atoms with Gasteiger partial charge in [-0.15, -0.1) is 0 Å². The third-order valence-corrected chi connectivity index (χ3v) is 9.89. The Bertz CT molecular complexity index is 2770. The van der Waals surface area contributed by atoms with Gasteiger partial charge in [-0.05, 0) is 111 Å². The monoisotopic (exact) mass is 666 g/mol. The van der Waals surface area contributed by atoms with Gasteiger partial charge in [0, 0.05) is 75.2 Å². The molecule has 0 saturated carbocycles. The third kappa shape index (κ3) is 5.32. The highest BCUT2D eigenvalue weighted by Gasteiger charge is 2.15. The molecule has 0 unspecified atom stereocenters. The van der Waals surface area contributed by atoms with Gasteiger partial charge in [0.25, 0.3) is 0 Å². The van der Waals surface area contributed by atoms with Crippen molar-refractivity contribution in [1.82, 2.24) is 15.0 Å². The molecular weight excluding hydrogens is 637 g/mol. The molecule has 5 heteroatoms. The molecule has 52 heavy (non-hydrogen) atoms. The van der Waals surface area contributed by atoms with E-state index in [1.807, 2.05) is 61.3 Å². The van der Waals surface area contributed by atoms with Gasteiger partial charge in [0.15, 0.2) is 0 Å². The van der Waals surface area contributed by atoms with Gasteiger partial charge in [-0.3, -0.25) is 9.97 Å². The lowest BCUT2D eigenvalue weighted by molar-refractivity contribution is 0.654. The van der Waals surface area contributed by atoms with Crippen molar-refractivity contribution in [3.05, 3.63) is 183 Å². The molecule has 4 aromatic heterocycles. The van der Waals surface area contributed by atoms with Crippen LogP contribution in [0, 0.1) is 0 Å². The molecule has 0 aliphatic rings. The van der Waals surface area contributed by atoms with Crippen LogP contribution < -0.4 is 4.90 Å². The first-order valence-electron chi connectivity index (χ1n) is 17.3. The average Bonchev–Trinajstić information content (AvgIpc) is 3.59. The molecule has 10 rings (SSSR count). The molecule has 0 bridgehead atoms. The van der Waals surface area contributed by atoms with Crippen LogP contribution in [0.2, 0.25) is 0 Å². The molecule has 244 valence electrons. The molecular formula is C47H30N4O. The predicted octanol–water partition coefficient (Wildman–Crippen LogP) is 12.5. The van der Waals surface area contributed by atoms with Crippen molar-refractivity contribution in [2.75, 3.05) is 4.90 Å². The summed E-state index contributed by atoms with van der Waals surface area (Å²) in [5, 5.41) is 6.71. The number of hydrogen-bond acceptors (Lipinski definition) is 5. The Balaban J connectivity index is 1.02. The fourth-order valence-electron chi connectivity index (χ4n) is 7.15. The summed E-state index contributed by atoms with van der Waals surface area (Å²) >= 11 is 0. The molecule has 0 aliphatic heterocycles. The number of anilines is 3. The van der Waals surface area contributed by atoms with E-state index >= 15 is 0 Å². The number of fused-ring (bicyclic) bond motifs is 5. The van der Waals surface area contributed by atoms with Crippen molar-refractivity contribution in [3.8, 4) is 33.4 Å². The van der Waals surface area contributed by atoms with Crippen LogP contribution in [-0.2, 0) is 0 Å². The van der Waals surface area contributed by atoms with Crippen LogP contribution in [0.25, 0.3) is 77.0 Å². The second-order valence-electron chi connectivity index (χ2n) is 13.0. The van der Waals surface area contributed by atoms with Crippen LogP contribution in [0.3, 0.4) is 0 Å². The van der Waals surface area contributed by atoms with Crippen molar-refractivity contribution in [2.24, 2.45) is 0 Å². The molecule has 0 aliphatic carbocycles. The summed E-state index contributed by atoms with van der Waals surface area (Å²) in [6.45, 7) is 0. The molecule has 6 aromatic carbocycles. The largest absolute Gasteiger partial charge is 0.438 e. The lowest BCUT2D eigenvalue weighted by Crippen LogP contribution is -2.09. The van der Waals surface area contributed by atoms with Crippen molar-refractivity contribution in [1.29, 1.82) is 0 Å².